The van der Waals surface area contributed by atoms with E-state index < -0.39 is 23.1 Å². The van der Waals surface area contributed by atoms with Crippen LogP contribution in [0.4, 0.5) is 11.5 Å². The molecule has 0 saturated carbocycles. The Labute approximate surface area is 206 Å². The molecule has 2 N–H and O–H groups in total. The number of nitro groups is 1. The number of halogens is 2. The van der Waals surface area contributed by atoms with Gasteiger partial charge in [-0.2, -0.15) is 0 Å². The van der Waals surface area contributed by atoms with Crippen LogP contribution in [-0.2, 0) is 4.79 Å². The smallest absolute Gasteiger partial charge is 0.345 e. The Morgan fingerprint density at radius 1 is 1.12 bits per heavy atom. The van der Waals surface area contributed by atoms with E-state index >= 15 is 0 Å². The molecule has 10 nitrogen and oxygen atoms in total. The van der Waals surface area contributed by atoms with E-state index in [-0.39, 0.29) is 21.6 Å². The fourth-order valence-corrected chi connectivity index (χ4v) is 4.31. The Hall–Kier alpha value is -3.67. The molecule has 0 aliphatic rings. The van der Waals surface area contributed by atoms with E-state index in [0.717, 1.165) is 23.5 Å². The van der Waals surface area contributed by atoms with Crippen molar-refractivity contribution >= 4 is 63.3 Å². The number of pyridine rings is 1. The minimum absolute atomic E-state index is 0.0825. The van der Waals surface area contributed by atoms with Crippen molar-refractivity contribution in [3.8, 4) is 5.75 Å². The second-order valence-electron chi connectivity index (χ2n) is 6.60. The lowest BCUT2D eigenvalue weighted by atomic mass is 10.2. The Balaban J connectivity index is 1.48. The van der Waals surface area contributed by atoms with Gasteiger partial charge in [-0.3, -0.25) is 30.7 Å². The van der Waals surface area contributed by atoms with Crippen LogP contribution in [0.2, 0.25) is 10.0 Å². The Bertz CT molecular complexity index is 1390. The first-order chi connectivity index (χ1) is 16.4. The normalized spacial score (nSPS) is 10.6. The lowest BCUT2D eigenvalue weighted by molar-refractivity contribution is -0.387. The molecule has 2 heterocycles. The third-order valence-electron chi connectivity index (χ3n) is 4.35. The molecule has 2 aromatic heterocycles. The van der Waals surface area contributed by atoms with Crippen LogP contribution in [0.25, 0.3) is 10.9 Å². The minimum Gasteiger partial charge on any atom is -0.482 e. The maximum atomic E-state index is 12.2. The quantitative estimate of drug-likeness (QED) is 0.190. The van der Waals surface area contributed by atoms with Crippen LogP contribution in [0.15, 0.2) is 71.0 Å². The van der Waals surface area contributed by atoms with Gasteiger partial charge in [0.1, 0.15) is 12.1 Å². The van der Waals surface area contributed by atoms with Gasteiger partial charge in [-0.25, -0.2) is 9.97 Å². The number of nitrogens with one attached hydrogen (secondary N) is 2. The average molecular weight is 517 g/mol. The Morgan fingerprint density at radius 2 is 1.94 bits per heavy atom. The van der Waals surface area contributed by atoms with Crippen LogP contribution in [-0.4, -0.2) is 32.4 Å². The van der Waals surface area contributed by atoms with Crippen molar-refractivity contribution in [1.82, 2.24) is 20.4 Å². The number of fused-ring (bicyclic) bond motifs is 1. The first-order valence-electron chi connectivity index (χ1n) is 9.56. The van der Waals surface area contributed by atoms with Gasteiger partial charge in [-0.05, 0) is 30.3 Å². The maximum Gasteiger partial charge on any atom is 0.345 e. The summed E-state index contributed by atoms with van der Waals surface area (Å²) in [7, 11) is 0. The van der Waals surface area contributed by atoms with Crippen molar-refractivity contribution < 1.29 is 14.5 Å². The number of amides is 1. The zero-order valence-electron chi connectivity index (χ0n) is 17.1. The summed E-state index contributed by atoms with van der Waals surface area (Å²) in [6, 6.07) is 13.8. The minimum atomic E-state index is -0.626. The van der Waals surface area contributed by atoms with Gasteiger partial charge in [0, 0.05) is 21.5 Å². The molecular weight excluding hydrogens is 503 g/mol. The average Bonchev–Trinajstić information content (AvgIpc) is 2.82. The molecule has 1 amide bonds. The summed E-state index contributed by atoms with van der Waals surface area (Å²) in [4.78, 5) is 36.4. The Morgan fingerprint density at radius 3 is 2.74 bits per heavy atom. The first-order valence-corrected chi connectivity index (χ1v) is 11.1. The highest BCUT2D eigenvalue weighted by molar-refractivity contribution is 7.99. The van der Waals surface area contributed by atoms with Crippen LogP contribution in [0.1, 0.15) is 0 Å². The van der Waals surface area contributed by atoms with Crippen molar-refractivity contribution in [3.63, 3.8) is 0 Å². The third-order valence-corrected chi connectivity index (χ3v) is 5.92. The van der Waals surface area contributed by atoms with Crippen molar-refractivity contribution in [2.75, 3.05) is 12.0 Å². The third kappa shape index (κ3) is 5.45. The van der Waals surface area contributed by atoms with Crippen molar-refractivity contribution in [2.24, 2.45) is 0 Å². The molecular formula is C21H14Cl2N6O4S. The summed E-state index contributed by atoms with van der Waals surface area (Å²) in [6.07, 6.45) is 2.80. The van der Waals surface area contributed by atoms with E-state index in [4.69, 9.17) is 27.9 Å². The van der Waals surface area contributed by atoms with Crippen molar-refractivity contribution in [1.29, 1.82) is 0 Å². The second-order valence-corrected chi connectivity index (χ2v) is 8.48. The van der Waals surface area contributed by atoms with Crippen molar-refractivity contribution in [2.45, 2.75) is 9.92 Å². The summed E-state index contributed by atoms with van der Waals surface area (Å²) < 4.78 is 5.34. The summed E-state index contributed by atoms with van der Waals surface area (Å²) in [6.45, 7) is -0.406. The number of aromatic nitrogens is 3. The molecule has 0 saturated heterocycles. The highest BCUT2D eigenvalue weighted by atomic mass is 35.5. The SMILES string of the molecule is O=C(COc1ccc(Cl)cc1Cl)NNc1ncnc(Sc2cccc3cccnc23)c1[N+](=O)[O-]. The molecule has 0 aliphatic heterocycles. The molecule has 13 heteroatoms. The van der Waals surface area contributed by atoms with Crippen LogP contribution in [0.5, 0.6) is 5.75 Å². The predicted octanol–water partition coefficient (Wildman–Crippen LogP) is 4.91. The zero-order chi connectivity index (χ0) is 24.1. The number of carbonyl (C=O) groups excluding carboxylic acids is 1. The molecule has 0 fully saturated rings. The maximum absolute atomic E-state index is 12.2. The molecule has 0 spiro atoms. The van der Waals surface area contributed by atoms with Gasteiger partial charge < -0.3 is 4.74 Å². The number of hydrogen-bond acceptors (Lipinski definition) is 9. The summed E-state index contributed by atoms with van der Waals surface area (Å²) >= 11 is 12.9. The predicted molar refractivity (Wildman–Crippen MR) is 128 cm³/mol. The van der Waals surface area contributed by atoms with Gasteiger partial charge in [0.15, 0.2) is 11.6 Å². The van der Waals surface area contributed by atoms with Gasteiger partial charge in [0.2, 0.25) is 5.82 Å². The largest absolute Gasteiger partial charge is 0.482 e. The molecule has 0 radical (unpaired) electrons. The van der Waals surface area contributed by atoms with Gasteiger partial charge in [0.25, 0.3) is 5.91 Å². The van der Waals surface area contributed by atoms with Gasteiger partial charge in [-0.1, -0.05) is 53.2 Å². The fraction of sp³-hybridized carbons (Fsp3) is 0.0476. The number of anilines is 1. The van der Waals surface area contributed by atoms with Gasteiger partial charge >= 0.3 is 5.69 Å². The second kappa shape index (κ2) is 10.5. The number of hydrazine groups is 1. The number of para-hydroxylation sites is 1. The molecule has 172 valence electrons. The zero-order valence-corrected chi connectivity index (χ0v) is 19.4. The van der Waals surface area contributed by atoms with E-state index in [2.05, 4.69) is 25.8 Å². The van der Waals surface area contributed by atoms with Crippen molar-refractivity contribution in [3.05, 3.63) is 81.2 Å². The lowest BCUT2D eigenvalue weighted by Gasteiger charge is -2.11. The highest BCUT2D eigenvalue weighted by Gasteiger charge is 2.25. The van der Waals surface area contributed by atoms with E-state index in [9.17, 15) is 14.9 Å². The Kier molecular flexibility index (Phi) is 7.26. The monoisotopic (exact) mass is 516 g/mol. The molecule has 0 aliphatic carbocycles. The number of ether oxygens (including phenoxy) is 1. The fourth-order valence-electron chi connectivity index (χ4n) is 2.86. The molecule has 34 heavy (non-hydrogen) atoms. The van der Waals surface area contributed by atoms with Gasteiger partial charge in [-0.15, -0.1) is 0 Å². The summed E-state index contributed by atoms with van der Waals surface area (Å²) in [5, 5.41) is 13.4. The first kappa shape index (κ1) is 23.5. The standard InChI is InChI=1S/C21H14Cl2N6O4S/c22-13-6-7-15(14(23)9-13)33-10-17(30)27-28-20-19(29(31)32)21(26-11-25-20)34-16-5-1-3-12-4-2-8-24-18(12)16/h1-9,11H,10H2,(H,27,30)(H,25,26,28). The number of nitrogens with zero attached hydrogens (tertiary/aromatic N) is 4. The topological polar surface area (TPSA) is 132 Å². The molecule has 0 atom stereocenters. The van der Waals surface area contributed by atoms with Crippen LogP contribution < -0.4 is 15.6 Å². The molecule has 0 unspecified atom stereocenters. The van der Waals surface area contributed by atoms with Crippen LogP contribution in [0, 0.1) is 10.1 Å². The molecule has 2 aromatic carbocycles. The van der Waals surface area contributed by atoms with E-state index in [0.29, 0.717) is 15.4 Å². The molecule has 4 aromatic rings. The highest BCUT2D eigenvalue weighted by Crippen LogP contribution is 2.38. The lowest BCUT2D eigenvalue weighted by Crippen LogP contribution is -2.34. The van der Waals surface area contributed by atoms with Crippen LogP contribution >= 0.6 is 35.0 Å². The number of benzene rings is 2. The summed E-state index contributed by atoms with van der Waals surface area (Å²) in [5.41, 5.74) is 5.06. The van der Waals surface area contributed by atoms with E-state index in [1.165, 1.54) is 12.1 Å². The van der Waals surface area contributed by atoms with E-state index in [1.54, 1.807) is 24.4 Å². The number of carbonyl (C=O) groups is 1. The van der Waals surface area contributed by atoms with Crippen LogP contribution in [0.3, 0.4) is 0 Å². The molecule has 4 rings (SSSR count). The number of hydrogen-bond donors (Lipinski definition) is 2. The number of rotatable bonds is 8. The van der Waals surface area contributed by atoms with E-state index in [1.807, 2.05) is 18.2 Å². The van der Waals surface area contributed by atoms with Gasteiger partial charge in [0.05, 0.1) is 15.5 Å². The molecule has 0 bridgehead atoms. The summed E-state index contributed by atoms with van der Waals surface area (Å²) in [5.74, 6) is -0.545.